The first-order valence-corrected chi connectivity index (χ1v) is 4.91. The highest BCUT2D eigenvalue weighted by atomic mass is 32.1. The van der Waals surface area contributed by atoms with Crippen LogP contribution in [0.4, 0.5) is 0 Å². The first kappa shape index (κ1) is 8.20. The van der Waals surface area contributed by atoms with Gasteiger partial charge in [-0.3, -0.25) is 4.98 Å². The summed E-state index contributed by atoms with van der Waals surface area (Å²) in [5, 5.41) is 2.06. The molecule has 0 radical (unpaired) electrons. The Bertz CT molecular complexity index is 403. The quantitative estimate of drug-likeness (QED) is 0.701. The van der Waals surface area contributed by atoms with Crippen LogP contribution in [0.5, 0.6) is 0 Å². The first-order chi connectivity index (χ1) is 6.42. The summed E-state index contributed by atoms with van der Waals surface area (Å²) in [5.74, 6) is 0. The van der Waals surface area contributed by atoms with E-state index in [1.54, 1.807) is 17.5 Å². The molecule has 0 aliphatic heterocycles. The third kappa shape index (κ3) is 1.53. The predicted octanol–water partition coefficient (Wildman–Crippen LogP) is 3.45. The van der Waals surface area contributed by atoms with Crippen LogP contribution in [0.25, 0.3) is 17.3 Å². The minimum atomic E-state index is 1.01. The Morgan fingerprint density at radius 3 is 2.92 bits per heavy atom. The minimum Gasteiger partial charge on any atom is -0.256 e. The zero-order chi connectivity index (χ0) is 9.10. The van der Waals surface area contributed by atoms with E-state index in [1.165, 1.54) is 10.4 Å². The van der Waals surface area contributed by atoms with Crippen LogP contribution in [-0.2, 0) is 0 Å². The van der Waals surface area contributed by atoms with E-state index in [-0.39, 0.29) is 0 Å². The summed E-state index contributed by atoms with van der Waals surface area (Å²) >= 11 is 1.69. The maximum absolute atomic E-state index is 4.29. The van der Waals surface area contributed by atoms with Crippen LogP contribution in [0.3, 0.4) is 0 Å². The third-order valence-corrected chi connectivity index (χ3v) is 2.73. The monoisotopic (exact) mass is 187 g/mol. The standard InChI is InChI=1S/C11H9NS/c1-2-11-9(6-8-13-11)10-5-3-4-7-12-10/h2-8H,1H2. The molecule has 1 nitrogen and oxygen atoms in total. The Hall–Kier alpha value is -1.41. The highest BCUT2D eigenvalue weighted by Gasteiger charge is 2.03. The van der Waals surface area contributed by atoms with E-state index in [9.17, 15) is 0 Å². The topological polar surface area (TPSA) is 12.9 Å². The predicted molar refractivity (Wildman–Crippen MR) is 57.6 cm³/mol. The van der Waals surface area contributed by atoms with Crippen molar-refractivity contribution in [1.82, 2.24) is 4.98 Å². The second-order valence-corrected chi connectivity index (χ2v) is 3.57. The molecular formula is C11H9NS. The van der Waals surface area contributed by atoms with E-state index in [0.29, 0.717) is 0 Å². The van der Waals surface area contributed by atoms with E-state index >= 15 is 0 Å². The average Bonchev–Trinajstić information content (AvgIpc) is 2.67. The molecular weight excluding hydrogens is 178 g/mol. The molecule has 13 heavy (non-hydrogen) atoms. The fourth-order valence-corrected chi connectivity index (χ4v) is 1.96. The Balaban J connectivity index is 2.52. The second-order valence-electron chi connectivity index (χ2n) is 2.62. The first-order valence-electron chi connectivity index (χ1n) is 4.03. The Morgan fingerprint density at radius 2 is 2.23 bits per heavy atom. The number of rotatable bonds is 2. The molecule has 0 unspecified atom stereocenters. The number of hydrogen-bond donors (Lipinski definition) is 0. The molecule has 2 aromatic rings. The minimum absolute atomic E-state index is 1.01. The average molecular weight is 187 g/mol. The van der Waals surface area contributed by atoms with Gasteiger partial charge >= 0.3 is 0 Å². The van der Waals surface area contributed by atoms with E-state index in [0.717, 1.165) is 5.69 Å². The largest absolute Gasteiger partial charge is 0.256 e. The zero-order valence-electron chi connectivity index (χ0n) is 7.10. The molecule has 0 spiro atoms. The van der Waals surface area contributed by atoms with Gasteiger partial charge in [-0.15, -0.1) is 11.3 Å². The Morgan fingerprint density at radius 1 is 1.31 bits per heavy atom. The van der Waals surface area contributed by atoms with E-state index < -0.39 is 0 Å². The van der Waals surface area contributed by atoms with Crippen LogP contribution in [0.15, 0.2) is 42.4 Å². The molecule has 64 valence electrons. The van der Waals surface area contributed by atoms with Crippen LogP contribution in [0.1, 0.15) is 4.88 Å². The maximum atomic E-state index is 4.29. The van der Waals surface area contributed by atoms with Gasteiger partial charge in [0, 0.05) is 16.6 Å². The molecule has 0 aliphatic rings. The fourth-order valence-electron chi connectivity index (χ4n) is 1.21. The number of thiophene rings is 1. The molecule has 0 aromatic carbocycles. The number of hydrogen-bond acceptors (Lipinski definition) is 2. The van der Waals surface area contributed by atoms with Gasteiger partial charge in [-0.2, -0.15) is 0 Å². The second kappa shape index (κ2) is 3.54. The number of aromatic nitrogens is 1. The van der Waals surface area contributed by atoms with Crippen LogP contribution in [-0.4, -0.2) is 4.98 Å². The van der Waals surface area contributed by atoms with Crippen molar-refractivity contribution < 1.29 is 0 Å². The van der Waals surface area contributed by atoms with Crippen molar-refractivity contribution in [3.63, 3.8) is 0 Å². The maximum Gasteiger partial charge on any atom is 0.0716 e. The van der Waals surface area contributed by atoms with Gasteiger partial charge in [-0.1, -0.05) is 18.7 Å². The summed E-state index contributed by atoms with van der Waals surface area (Å²) in [5.41, 5.74) is 2.18. The summed E-state index contributed by atoms with van der Waals surface area (Å²) in [4.78, 5) is 5.47. The number of pyridine rings is 1. The molecule has 2 rings (SSSR count). The van der Waals surface area contributed by atoms with Gasteiger partial charge in [0.1, 0.15) is 0 Å². The van der Waals surface area contributed by atoms with Crippen molar-refractivity contribution in [3.05, 3.63) is 47.3 Å². The van der Waals surface area contributed by atoms with Crippen molar-refractivity contribution in [2.75, 3.05) is 0 Å². The molecule has 2 aromatic heterocycles. The van der Waals surface area contributed by atoms with E-state index in [2.05, 4.69) is 23.0 Å². The summed E-state index contributed by atoms with van der Waals surface area (Å²) in [7, 11) is 0. The molecule has 0 fully saturated rings. The van der Waals surface area contributed by atoms with Crippen molar-refractivity contribution in [2.45, 2.75) is 0 Å². The summed E-state index contributed by atoms with van der Waals surface area (Å²) in [6.07, 6.45) is 3.68. The Kier molecular flexibility index (Phi) is 2.23. The van der Waals surface area contributed by atoms with Crippen LogP contribution >= 0.6 is 11.3 Å². The van der Waals surface area contributed by atoms with E-state index in [4.69, 9.17) is 0 Å². The molecule has 0 saturated heterocycles. The molecule has 0 bridgehead atoms. The van der Waals surface area contributed by atoms with Crippen molar-refractivity contribution in [3.8, 4) is 11.3 Å². The van der Waals surface area contributed by atoms with Gasteiger partial charge in [-0.05, 0) is 23.6 Å². The van der Waals surface area contributed by atoms with Crippen LogP contribution < -0.4 is 0 Å². The molecule has 0 aliphatic carbocycles. The van der Waals surface area contributed by atoms with Gasteiger partial charge < -0.3 is 0 Å². The lowest BCUT2D eigenvalue weighted by molar-refractivity contribution is 1.33. The fraction of sp³-hybridized carbons (Fsp3) is 0. The van der Waals surface area contributed by atoms with Crippen molar-refractivity contribution in [2.24, 2.45) is 0 Å². The summed E-state index contributed by atoms with van der Waals surface area (Å²) < 4.78 is 0. The molecule has 2 heteroatoms. The van der Waals surface area contributed by atoms with E-state index in [1.807, 2.05) is 24.3 Å². The molecule has 0 amide bonds. The van der Waals surface area contributed by atoms with Crippen LogP contribution in [0, 0.1) is 0 Å². The van der Waals surface area contributed by atoms with Crippen molar-refractivity contribution in [1.29, 1.82) is 0 Å². The summed E-state index contributed by atoms with van der Waals surface area (Å²) in [6.45, 7) is 3.77. The third-order valence-electron chi connectivity index (χ3n) is 1.82. The van der Waals surface area contributed by atoms with Crippen molar-refractivity contribution >= 4 is 17.4 Å². The van der Waals surface area contributed by atoms with Gasteiger partial charge in [-0.25, -0.2) is 0 Å². The molecule has 2 heterocycles. The number of nitrogens with zero attached hydrogens (tertiary/aromatic N) is 1. The smallest absolute Gasteiger partial charge is 0.0716 e. The highest BCUT2D eigenvalue weighted by molar-refractivity contribution is 7.11. The molecule has 0 saturated carbocycles. The molecule has 0 atom stereocenters. The summed E-state index contributed by atoms with van der Waals surface area (Å²) in [6, 6.07) is 8.00. The molecule has 0 N–H and O–H groups in total. The van der Waals surface area contributed by atoms with Gasteiger partial charge in [0.2, 0.25) is 0 Å². The van der Waals surface area contributed by atoms with Gasteiger partial charge in [0.25, 0.3) is 0 Å². The van der Waals surface area contributed by atoms with Crippen LogP contribution in [0.2, 0.25) is 0 Å². The lowest BCUT2D eigenvalue weighted by Gasteiger charge is -1.97. The lowest BCUT2D eigenvalue weighted by Crippen LogP contribution is -1.79. The van der Waals surface area contributed by atoms with Gasteiger partial charge in [0.05, 0.1) is 5.69 Å². The Labute approximate surface area is 81.4 Å². The zero-order valence-corrected chi connectivity index (χ0v) is 7.92. The highest BCUT2D eigenvalue weighted by Crippen LogP contribution is 2.27. The normalized spacial score (nSPS) is 9.85. The SMILES string of the molecule is C=Cc1sccc1-c1ccccn1. The lowest BCUT2D eigenvalue weighted by atomic mass is 10.2. The van der Waals surface area contributed by atoms with Gasteiger partial charge in [0.15, 0.2) is 0 Å².